The van der Waals surface area contributed by atoms with Crippen molar-refractivity contribution in [2.75, 3.05) is 31.6 Å². The molecule has 4 heteroatoms. The van der Waals surface area contributed by atoms with Gasteiger partial charge in [0.05, 0.1) is 12.8 Å². The Morgan fingerprint density at radius 1 is 1.25 bits per heavy atom. The average Bonchev–Trinajstić information content (AvgIpc) is 2.48. The number of hydrogen-bond donors (Lipinski definition) is 1. The van der Waals surface area contributed by atoms with Crippen molar-refractivity contribution < 1.29 is 9.13 Å². The molecular weight excluding hydrogens is 255 g/mol. The summed E-state index contributed by atoms with van der Waals surface area (Å²) in [5.74, 6) is 0.566. The van der Waals surface area contributed by atoms with Gasteiger partial charge in [0.15, 0.2) is 0 Å². The number of halogens is 1. The van der Waals surface area contributed by atoms with Gasteiger partial charge in [-0.05, 0) is 25.0 Å². The third kappa shape index (κ3) is 2.62. The van der Waals surface area contributed by atoms with Gasteiger partial charge in [-0.25, -0.2) is 4.39 Å². The van der Waals surface area contributed by atoms with Gasteiger partial charge in [-0.1, -0.05) is 19.3 Å². The van der Waals surface area contributed by atoms with Gasteiger partial charge in [-0.2, -0.15) is 0 Å². The fourth-order valence-electron chi connectivity index (χ4n) is 3.59. The van der Waals surface area contributed by atoms with E-state index in [-0.39, 0.29) is 11.4 Å². The second-order valence-electron chi connectivity index (χ2n) is 6.01. The number of rotatable bonds is 2. The lowest BCUT2D eigenvalue weighted by molar-refractivity contribution is 0.215. The molecule has 0 aromatic heterocycles. The average molecular weight is 278 g/mol. The molecule has 0 bridgehead atoms. The Balaban J connectivity index is 1.82. The van der Waals surface area contributed by atoms with Crippen LogP contribution in [0.2, 0.25) is 0 Å². The maximum Gasteiger partial charge on any atom is 0.146 e. The van der Waals surface area contributed by atoms with Gasteiger partial charge in [-0.3, -0.25) is 0 Å². The normalized spacial score (nSPS) is 22.0. The molecule has 1 aromatic rings. The van der Waals surface area contributed by atoms with Crippen LogP contribution < -0.4 is 15.0 Å². The Hall–Kier alpha value is -1.29. The summed E-state index contributed by atoms with van der Waals surface area (Å²) in [4.78, 5) is 2.18. The summed E-state index contributed by atoms with van der Waals surface area (Å²) in [6.45, 7) is 2.68. The minimum atomic E-state index is -0.154. The van der Waals surface area contributed by atoms with Crippen molar-refractivity contribution in [3.8, 4) is 5.75 Å². The molecule has 1 aliphatic carbocycles. The first-order valence-corrected chi connectivity index (χ1v) is 7.56. The van der Waals surface area contributed by atoms with E-state index in [9.17, 15) is 4.39 Å². The molecule has 0 radical (unpaired) electrons. The third-order valence-electron chi connectivity index (χ3n) is 4.68. The highest BCUT2D eigenvalue weighted by Crippen LogP contribution is 2.34. The van der Waals surface area contributed by atoms with Crippen LogP contribution in [-0.4, -0.2) is 32.3 Å². The van der Waals surface area contributed by atoms with Crippen LogP contribution in [-0.2, 0) is 0 Å². The second kappa shape index (κ2) is 5.60. The van der Waals surface area contributed by atoms with Gasteiger partial charge < -0.3 is 15.0 Å². The summed E-state index contributed by atoms with van der Waals surface area (Å²) in [7, 11) is 1.62. The third-order valence-corrected chi connectivity index (χ3v) is 4.68. The number of nitrogens with zero attached hydrogens (tertiary/aromatic N) is 1. The lowest BCUT2D eigenvalue weighted by Gasteiger charge is -2.47. The van der Waals surface area contributed by atoms with E-state index in [1.165, 1.54) is 38.2 Å². The van der Waals surface area contributed by atoms with Crippen LogP contribution in [0.25, 0.3) is 0 Å². The molecule has 110 valence electrons. The second-order valence-corrected chi connectivity index (χ2v) is 6.01. The molecule has 1 heterocycles. The van der Waals surface area contributed by atoms with Crippen LogP contribution in [0, 0.1) is 5.82 Å². The van der Waals surface area contributed by atoms with Crippen LogP contribution >= 0.6 is 0 Å². The number of hydrogen-bond acceptors (Lipinski definition) is 3. The molecule has 1 aromatic carbocycles. The summed E-state index contributed by atoms with van der Waals surface area (Å²) >= 11 is 0. The predicted octanol–water partition coefficient (Wildman–Crippen LogP) is 2.95. The minimum Gasteiger partial charge on any atom is -0.497 e. The highest BCUT2D eigenvalue weighted by molar-refractivity contribution is 5.53. The standard InChI is InChI=1S/C16H23FN2O/c1-20-13-5-6-14(17)15(11-13)19-10-9-18-16(12-19)7-3-2-4-8-16/h5-6,11,18H,2-4,7-10,12H2,1H3. The molecule has 2 fully saturated rings. The molecule has 0 unspecified atom stereocenters. The Morgan fingerprint density at radius 3 is 2.80 bits per heavy atom. The van der Waals surface area contributed by atoms with Crippen LogP contribution in [0.15, 0.2) is 18.2 Å². The number of benzene rings is 1. The van der Waals surface area contributed by atoms with Crippen molar-refractivity contribution in [3.05, 3.63) is 24.0 Å². The van der Waals surface area contributed by atoms with Crippen molar-refractivity contribution in [1.29, 1.82) is 0 Å². The summed E-state index contributed by atoms with van der Waals surface area (Å²) < 4.78 is 19.4. The Bertz CT molecular complexity index is 466. The quantitative estimate of drug-likeness (QED) is 0.900. The van der Waals surface area contributed by atoms with E-state index in [1.54, 1.807) is 13.2 Å². The van der Waals surface area contributed by atoms with Crippen LogP contribution in [0.1, 0.15) is 32.1 Å². The molecule has 0 atom stereocenters. The van der Waals surface area contributed by atoms with E-state index in [0.29, 0.717) is 5.69 Å². The molecular formula is C16H23FN2O. The van der Waals surface area contributed by atoms with Crippen LogP contribution in [0.4, 0.5) is 10.1 Å². The largest absolute Gasteiger partial charge is 0.497 e. The monoisotopic (exact) mass is 278 g/mol. The summed E-state index contributed by atoms with van der Waals surface area (Å²) in [5.41, 5.74) is 0.863. The predicted molar refractivity (Wildman–Crippen MR) is 79.0 cm³/mol. The van der Waals surface area contributed by atoms with Crippen molar-refractivity contribution in [1.82, 2.24) is 5.32 Å². The Morgan fingerprint density at radius 2 is 2.05 bits per heavy atom. The van der Waals surface area contributed by atoms with Crippen molar-refractivity contribution >= 4 is 5.69 Å². The number of methoxy groups -OCH3 is 1. The Labute approximate surface area is 120 Å². The van der Waals surface area contributed by atoms with Crippen LogP contribution in [0.5, 0.6) is 5.75 Å². The van der Waals surface area contributed by atoms with Gasteiger partial charge >= 0.3 is 0 Å². The van der Waals surface area contributed by atoms with E-state index in [1.807, 2.05) is 6.07 Å². The van der Waals surface area contributed by atoms with E-state index in [4.69, 9.17) is 4.74 Å². The van der Waals surface area contributed by atoms with E-state index < -0.39 is 0 Å². The van der Waals surface area contributed by atoms with Gasteiger partial charge in [0, 0.05) is 31.2 Å². The van der Waals surface area contributed by atoms with Gasteiger partial charge in [0.25, 0.3) is 0 Å². The number of anilines is 1. The van der Waals surface area contributed by atoms with E-state index in [2.05, 4.69) is 10.2 Å². The number of piperazine rings is 1. The molecule has 1 aliphatic heterocycles. The fourth-order valence-corrected chi connectivity index (χ4v) is 3.59. The van der Waals surface area contributed by atoms with Crippen LogP contribution in [0.3, 0.4) is 0 Å². The summed E-state index contributed by atoms with van der Waals surface area (Å²) in [5, 5.41) is 3.69. The highest BCUT2D eigenvalue weighted by Gasteiger charge is 2.36. The van der Waals surface area contributed by atoms with Crippen molar-refractivity contribution in [2.45, 2.75) is 37.6 Å². The maximum atomic E-state index is 14.1. The maximum absolute atomic E-state index is 14.1. The van der Waals surface area contributed by atoms with E-state index in [0.717, 1.165) is 25.4 Å². The topological polar surface area (TPSA) is 24.5 Å². The Kier molecular flexibility index (Phi) is 3.83. The zero-order chi connectivity index (χ0) is 14.0. The first kappa shape index (κ1) is 13.7. The number of ether oxygens (including phenoxy) is 1. The lowest BCUT2D eigenvalue weighted by Crippen LogP contribution is -2.61. The van der Waals surface area contributed by atoms with Crippen molar-refractivity contribution in [2.24, 2.45) is 0 Å². The highest BCUT2D eigenvalue weighted by atomic mass is 19.1. The molecule has 1 saturated carbocycles. The van der Waals surface area contributed by atoms with Gasteiger partial charge in [0.1, 0.15) is 11.6 Å². The molecule has 0 amide bonds. The molecule has 3 rings (SSSR count). The van der Waals surface area contributed by atoms with E-state index >= 15 is 0 Å². The summed E-state index contributed by atoms with van der Waals surface area (Å²) in [6, 6.07) is 5.00. The van der Waals surface area contributed by atoms with Gasteiger partial charge in [0.2, 0.25) is 0 Å². The molecule has 1 N–H and O–H groups in total. The minimum absolute atomic E-state index is 0.154. The molecule has 2 aliphatic rings. The zero-order valence-corrected chi connectivity index (χ0v) is 12.1. The zero-order valence-electron chi connectivity index (χ0n) is 12.1. The molecule has 3 nitrogen and oxygen atoms in total. The molecule has 1 spiro atoms. The SMILES string of the molecule is COc1ccc(F)c(N2CCNC3(CCCCC3)C2)c1. The smallest absolute Gasteiger partial charge is 0.146 e. The first-order chi connectivity index (χ1) is 9.72. The fraction of sp³-hybridized carbons (Fsp3) is 0.625. The number of nitrogens with one attached hydrogen (secondary N) is 1. The van der Waals surface area contributed by atoms with Crippen molar-refractivity contribution in [3.63, 3.8) is 0 Å². The molecule has 20 heavy (non-hydrogen) atoms. The first-order valence-electron chi connectivity index (χ1n) is 7.56. The summed E-state index contributed by atoms with van der Waals surface area (Å²) in [6.07, 6.45) is 6.30. The van der Waals surface area contributed by atoms with Gasteiger partial charge in [-0.15, -0.1) is 0 Å². The lowest BCUT2D eigenvalue weighted by atomic mass is 9.80. The molecule has 1 saturated heterocycles.